The van der Waals surface area contributed by atoms with Crippen LogP contribution in [0, 0.1) is 0 Å². The molecule has 0 bridgehead atoms. The molecule has 0 radical (unpaired) electrons. The summed E-state index contributed by atoms with van der Waals surface area (Å²) >= 11 is 0. The van der Waals surface area contributed by atoms with Crippen molar-refractivity contribution in [1.82, 2.24) is 14.9 Å². The summed E-state index contributed by atoms with van der Waals surface area (Å²) in [6.45, 7) is 1.51. The molecule has 1 saturated heterocycles. The first kappa shape index (κ1) is 19.5. The van der Waals surface area contributed by atoms with Gasteiger partial charge < -0.3 is 14.6 Å². The molecule has 2 aromatic carbocycles. The summed E-state index contributed by atoms with van der Waals surface area (Å²) in [5.74, 6) is -0.529. The number of ether oxygens (including phenoxy) is 1. The van der Waals surface area contributed by atoms with E-state index in [-0.39, 0.29) is 24.5 Å². The number of nitrogens with zero attached hydrogens (tertiary/aromatic N) is 3. The monoisotopic (exact) mass is 416 g/mol. The van der Waals surface area contributed by atoms with E-state index in [9.17, 15) is 9.59 Å². The lowest BCUT2D eigenvalue weighted by Crippen LogP contribution is -2.40. The van der Waals surface area contributed by atoms with Crippen LogP contribution in [-0.4, -0.2) is 52.9 Å². The van der Waals surface area contributed by atoms with Crippen molar-refractivity contribution in [1.29, 1.82) is 0 Å². The second-order valence-electron chi connectivity index (χ2n) is 7.89. The average Bonchev–Trinajstić information content (AvgIpc) is 3.42. The minimum Gasteiger partial charge on any atom is -0.376 e. The number of amides is 2. The summed E-state index contributed by atoms with van der Waals surface area (Å²) < 4.78 is 7.54. The van der Waals surface area contributed by atoms with Crippen molar-refractivity contribution in [2.24, 2.45) is 5.10 Å². The van der Waals surface area contributed by atoms with Gasteiger partial charge >= 0.3 is 0 Å². The molecular formula is C24H24N4O3. The van der Waals surface area contributed by atoms with Gasteiger partial charge in [0.2, 0.25) is 5.91 Å². The van der Waals surface area contributed by atoms with Crippen molar-refractivity contribution in [2.75, 3.05) is 19.7 Å². The highest BCUT2D eigenvalue weighted by Gasteiger charge is 2.28. The number of carbonyl (C=O) groups is 2. The summed E-state index contributed by atoms with van der Waals surface area (Å²) in [6.07, 6.45) is 2.01. The van der Waals surface area contributed by atoms with Gasteiger partial charge in [0.25, 0.3) is 5.91 Å². The smallest absolute Gasteiger partial charge is 0.291 e. The molecule has 1 atom stereocenters. The lowest BCUT2D eigenvalue weighted by molar-refractivity contribution is -0.122. The maximum atomic E-state index is 13.4. The highest BCUT2D eigenvalue weighted by molar-refractivity contribution is 6.07. The quantitative estimate of drug-likeness (QED) is 0.695. The fourth-order valence-corrected chi connectivity index (χ4v) is 4.17. The Morgan fingerprint density at radius 1 is 1.13 bits per heavy atom. The molecule has 0 spiro atoms. The van der Waals surface area contributed by atoms with Crippen LogP contribution in [0.15, 0.2) is 65.8 Å². The zero-order valence-corrected chi connectivity index (χ0v) is 17.2. The Labute approximate surface area is 180 Å². The van der Waals surface area contributed by atoms with E-state index in [1.807, 2.05) is 65.2 Å². The van der Waals surface area contributed by atoms with Crippen LogP contribution in [0.2, 0.25) is 0 Å². The Morgan fingerprint density at radius 2 is 1.94 bits per heavy atom. The number of fused-ring (bicyclic) bond motifs is 3. The Hall–Kier alpha value is -3.45. The molecule has 7 nitrogen and oxygen atoms in total. The van der Waals surface area contributed by atoms with Gasteiger partial charge in [0.1, 0.15) is 12.2 Å². The molecule has 1 aromatic heterocycles. The van der Waals surface area contributed by atoms with Gasteiger partial charge in [-0.1, -0.05) is 48.5 Å². The molecule has 1 N–H and O–H groups in total. The Morgan fingerprint density at radius 3 is 2.74 bits per heavy atom. The molecule has 158 valence electrons. The maximum Gasteiger partial charge on any atom is 0.291 e. The summed E-state index contributed by atoms with van der Waals surface area (Å²) in [5.41, 5.74) is 3.16. The number of benzene rings is 2. The number of rotatable bonds is 5. The molecule has 5 rings (SSSR count). The number of nitrogens with one attached hydrogen (secondary N) is 1. The molecule has 0 aliphatic carbocycles. The van der Waals surface area contributed by atoms with Crippen LogP contribution < -0.4 is 5.32 Å². The van der Waals surface area contributed by atoms with Crippen LogP contribution in [0.1, 0.15) is 28.9 Å². The predicted molar refractivity (Wildman–Crippen MR) is 118 cm³/mol. The highest BCUT2D eigenvalue weighted by atomic mass is 16.5. The topological polar surface area (TPSA) is 75.9 Å². The van der Waals surface area contributed by atoms with E-state index in [0.29, 0.717) is 18.8 Å². The van der Waals surface area contributed by atoms with Crippen LogP contribution in [-0.2, 0) is 16.1 Å². The fraction of sp³-hybridized carbons (Fsp3) is 0.292. The third-order valence-corrected chi connectivity index (χ3v) is 5.76. The van der Waals surface area contributed by atoms with Crippen molar-refractivity contribution in [3.63, 3.8) is 0 Å². The summed E-state index contributed by atoms with van der Waals surface area (Å²) in [6, 6.07) is 19.5. The van der Waals surface area contributed by atoms with E-state index in [4.69, 9.17) is 4.74 Å². The van der Waals surface area contributed by atoms with E-state index in [1.165, 1.54) is 5.01 Å². The first-order valence-electron chi connectivity index (χ1n) is 10.6. The molecule has 3 aromatic rings. The van der Waals surface area contributed by atoms with E-state index >= 15 is 0 Å². The normalized spacial score (nSPS) is 18.6. The fourth-order valence-electron chi connectivity index (χ4n) is 4.17. The number of para-hydroxylation sites is 1. The first-order valence-corrected chi connectivity index (χ1v) is 10.6. The van der Waals surface area contributed by atoms with Crippen LogP contribution in [0.3, 0.4) is 0 Å². The van der Waals surface area contributed by atoms with Gasteiger partial charge in [-0.2, -0.15) is 5.10 Å². The maximum absolute atomic E-state index is 13.4. The van der Waals surface area contributed by atoms with E-state index in [0.717, 1.165) is 41.6 Å². The molecule has 2 aliphatic rings. The first-order chi connectivity index (χ1) is 15.2. The van der Waals surface area contributed by atoms with Gasteiger partial charge in [-0.05, 0) is 30.5 Å². The van der Waals surface area contributed by atoms with Gasteiger partial charge in [-0.15, -0.1) is 0 Å². The molecule has 0 saturated carbocycles. The van der Waals surface area contributed by atoms with E-state index < -0.39 is 0 Å². The standard InChI is InChI=1S/C24H24N4O3/c29-23(25-14-19-10-6-12-31-19)16-28-24(30)22-13-18-9-4-5-11-21(18)27(22)15-20(26-28)17-7-2-1-3-8-17/h1-5,7-9,11,13,19H,6,10,12,14-16H2,(H,25,29)/t19-/m0/s1. The van der Waals surface area contributed by atoms with Gasteiger partial charge in [0, 0.05) is 24.1 Å². The summed E-state index contributed by atoms with van der Waals surface area (Å²) in [7, 11) is 0. The second kappa shape index (κ2) is 8.35. The molecule has 3 heterocycles. The second-order valence-corrected chi connectivity index (χ2v) is 7.89. The molecular weight excluding hydrogens is 392 g/mol. The van der Waals surface area contributed by atoms with Crippen molar-refractivity contribution < 1.29 is 14.3 Å². The van der Waals surface area contributed by atoms with E-state index in [2.05, 4.69) is 10.4 Å². The lowest BCUT2D eigenvalue weighted by Gasteiger charge is -2.17. The molecule has 2 amide bonds. The lowest BCUT2D eigenvalue weighted by atomic mass is 10.1. The van der Waals surface area contributed by atoms with E-state index in [1.54, 1.807) is 0 Å². The summed E-state index contributed by atoms with van der Waals surface area (Å²) in [5, 5.41) is 9.78. The molecule has 2 aliphatic heterocycles. The zero-order chi connectivity index (χ0) is 21.2. The van der Waals surface area contributed by atoms with Crippen molar-refractivity contribution in [3.05, 3.63) is 71.9 Å². The molecule has 1 fully saturated rings. The SMILES string of the molecule is O=C(CN1N=C(c2ccccc2)Cn2c(cc3ccccc32)C1=O)NC[C@@H]1CCCO1. The van der Waals surface area contributed by atoms with Gasteiger partial charge in [-0.25, -0.2) is 5.01 Å². The Kier molecular flexibility index (Phi) is 5.26. The van der Waals surface area contributed by atoms with Gasteiger partial charge in [0.15, 0.2) is 0 Å². The van der Waals surface area contributed by atoms with Crippen molar-refractivity contribution >= 4 is 28.4 Å². The molecule has 31 heavy (non-hydrogen) atoms. The van der Waals surface area contributed by atoms with Gasteiger partial charge in [-0.3, -0.25) is 9.59 Å². The number of hydrazone groups is 1. The van der Waals surface area contributed by atoms with Crippen LogP contribution in [0.5, 0.6) is 0 Å². The number of hydrogen-bond donors (Lipinski definition) is 1. The van der Waals surface area contributed by atoms with Crippen LogP contribution in [0.4, 0.5) is 0 Å². The predicted octanol–water partition coefficient (Wildman–Crippen LogP) is 2.80. The molecule has 0 unspecified atom stereocenters. The highest BCUT2D eigenvalue weighted by Crippen LogP contribution is 2.24. The average molecular weight is 416 g/mol. The molecule has 7 heteroatoms. The zero-order valence-electron chi connectivity index (χ0n) is 17.2. The van der Waals surface area contributed by atoms with Gasteiger partial charge in [0.05, 0.1) is 18.4 Å². The number of hydrogen-bond acceptors (Lipinski definition) is 4. The Balaban J connectivity index is 1.46. The van der Waals surface area contributed by atoms with Crippen LogP contribution >= 0.6 is 0 Å². The minimum atomic E-state index is -0.283. The summed E-state index contributed by atoms with van der Waals surface area (Å²) in [4.78, 5) is 26.0. The minimum absolute atomic E-state index is 0.0506. The Bertz CT molecular complexity index is 1150. The van der Waals surface area contributed by atoms with Crippen molar-refractivity contribution in [3.8, 4) is 0 Å². The van der Waals surface area contributed by atoms with Crippen LogP contribution in [0.25, 0.3) is 10.9 Å². The third kappa shape index (κ3) is 3.96. The van der Waals surface area contributed by atoms with Crippen molar-refractivity contribution in [2.45, 2.75) is 25.5 Å². The third-order valence-electron chi connectivity index (χ3n) is 5.76. The largest absolute Gasteiger partial charge is 0.376 e. The number of carbonyl (C=O) groups excluding carboxylic acids is 2. The number of aromatic nitrogens is 1.